The Hall–Kier alpha value is -6.08. The van der Waals surface area contributed by atoms with E-state index in [1.165, 1.54) is 0 Å². The molecule has 0 saturated carbocycles. The summed E-state index contributed by atoms with van der Waals surface area (Å²) in [4.78, 5) is 2.29. The molecule has 56 heavy (non-hydrogen) atoms. The molecule has 0 fully saturated rings. The summed E-state index contributed by atoms with van der Waals surface area (Å²) in [6.07, 6.45) is 9.88. The molecule has 0 spiro atoms. The first-order valence-electron chi connectivity index (χ1n) is 18.4. The molecule has 0 saturated heterocycles. The molecule has 9 rings (SSSR count). The zero-order valence-corrected chi connectivity index (χ0v) is 33.8. The number of benzene rings is 7. The Morgan fingerprint density at radius 2 is 1.21 bits per heavy atom. The van der Waals surface area contributed by atoms with Gasteiger partial charge in [-0.25, -0.2) is 0 Å². The van der Waals surface area contributed by atoms with Crippen LogP contribution in [0.5, 0.6) is 17.2 Å². The molecule has 7 aromatic carbocycles. The van der Waals surface area contributed by atoms with E-state index in [-0.39, 0.29) is 0 Å². The number of para-hydroxylation sites is 3. The van der Waals surface area contributed by atoms with Crippen molar-refractivity contribution in [2.24, 2.45) is 0 Å². The average molecular weight is 858 g/mol. The van der Waals surface area contributed by atoms with Gasteiger partial charge in [-0.15, -0.1) is 0 Å². The third kappa shape index (κ3) is 6.55. The van der Waals surface area contributed by atoms with Crippen LogP contribution in [0.15, 0.2) is 195 Å². The molecule has 6 heteroatoms. The van der Waals surface area contributed by atoms with Crippen molar-refractivity contribution in [3.63, 3.8) is 0 Å². The van der Waals surface area contributed by atoms with Crippen molar-refractivity contribution in [1.82, 2.24) is 0 Å². The number of nitrogens with zero attached hydrogens (tertiary/aromatic N) is 1. The molecule has 1 aliphatic heterocycles. The molecule has 0 radical (unpaired) electrons. The van der Waals surface area contributed by atoms with Crippen LogP contribution in [0.1, 0.15) is 13.8 Å². The molecule has 0 bridgehead atoms. The molecule has 0 N–H and O–H groups in total. The van der Waals surface area contributed by atoms with Crippen molar-refractivity contribution < 1.29 is 13.9 Å². The molecule has 0 aliphatic carbocycles. The van der Waals surface area contributed by atoms with Gasteiger partial charge in [-0.1, -0.05) is 147 Å². The lowest BCUT2D eigenvalue weighted by atomic mass is 9.98. The maximum absolute atomic E-state index is 6.79. The smallest absolute Gasteiger partial charge is 0.152 e. The fraction of sp³-hybridized carbons (Fsp3) is 0.0400. The molecule has 272 valence electrons. The monoisotopic (exact) mass is 855 g/mol. The standard InChI is InChI=1S/C50H35Br2NO3/c1-3-5-7-17-35(4-2)54-46-22-12-11-19-37(46)40-28-44-48(30-42(40)51)55-49-31-43(52)41(39-21-14-20-38-36-18-10-13-23-47(36)56-50(38)39)29-45(49)53(44)34-26-24-33(25-27-34)32-15-8-6-9-16-32/h3-31H,1-2H3/b5-3-,17-7-,35-4-. The van der Waals surface area contributed by atoms with Crippen LogP contribution in [-0.2, 0) is 0 Å². The van der Waals surface area contributed by atoms with Crippen LogP contribution in [0.25, 0.3) is 55.3 Å². The van der Waals surface area contributed by atoms with Crippen LogP contribution in [0, 0.1) is 0 Å². The minimum absolute atomic E-state index is 0.723. The van der Waals surface area contributed by atoms with Gasteiger partial charge in [-0.3, -0.25) is 0 Å². The third-order valence-corrected chi connectivity index (χ3v) is 11.3. The number of rotatable bonds is 8. The van der Waals surface area contributed by atoms with Crippen LogP contribution < -0.4 is 14.4 Å². The highest BCUT2D eigenvalue weighted by molar-refractivity contribution is 9.11. The highest BCUT2D eigenvalue weighted by Gasteiger charge is 2.30. The quantitative estimate of drug-likeness (QED) is 0.113. The van der Waals surface area contributed by atoms with Crippen molar-refractivity contribution in [2.45, 2.75) is 13.8 Å². The summed E-state index contributed by atoms with van der Waals surface area (Å²) >= 11 is 7.84. The van der Waals surface area contributed by atoms with Crippen LogP contribution in [0.2, 0.25) is 0 Å². The van der Waals surface area contributed by atoms with Crippen LogP contribution in [0.3, 0.4) is 0 Å². The minimum atomic E-state index is 0.723. The number of allylic oxidation sites excluding steroid dienone is 5. The lowest BCUT2D eigenvalue weighted by molar-refractivity contribution is 0.445. The van der Waals surface area contributed by atoms with E-state index < -0.39 is 0 Å². The number of ether oxygens (including phenoxy) is 2. The topological polar surface area (TPSA) is 34.8 Å². The fourth-order valence-corrected chi connectivity index (χ4v) is 8.36. The van der Waals surface area contributed by atoms with Gasteiger partial charge in [0.05, 0.1) is 11.4 Å². The number of hydrogen-bond acceptors (Lipinski definition) is 4. The molecule has 0 amide bonds. The Morgan fingerprint density at radius 1 is 0.589 bits per heavy atom. The fourth-order valence-electron chi connectivity index (χ4n) is 7.29. The molecule has 4 nitrogen and oxygen atoms in total. The molecular weight excluding hydrogens is 822 g/mol. The van der Waals surface area contributed by atoms with Crippen molar-refractivity contribution in [2.75, 3.05) is 4.90 Å². The van der Waals surface area contributed by atoms with Crippen molar-refractivity contribution >= 4 is 70.9 Å². The summed E-state index contributed by atoms with van der Waals surface area (Å²) in [6.45, 7) is 3.97. The van der Waals surface area contributed by atoms with E-state index in [2.05, 4.69) is 140 Å². The van der Waals surface area contributed by atoms with E-state index in [0.29, 0.717) is 0 Å². The largest absolute Gasteiger partial charge is 0.457 e. The summed E-state index contributed by atoms with van der Waals surface area (Å²) in [5.74, 6) is 2.94. The van der Waals surface area contributed by atoms with E-state index in [4.69, 9.17) is 13.9 Å². The van der Waals surface area contributed by atoms with Gasteiger partial charge in [-0.05, 0) is 85.7 Å². The Morgan fingerprint density at radius 3 is 1.95 bits per heavy atom. The molecule has 2 heterocycles. The van der Waals surface area contributed by atoms with E-state index in [1.807, 2.05) is 86.7 Å². The van der Waals surface area contributed by atoms with Gasteiger partial charge in [0, 0.05) is 47.7 Å². The van der Waals surface area contributed by atoms with Gasteiger partial charge in [0.15, 0.2) is 11.5 Å². The van der Waals surface area contributed by atoms with Gasteiger partial charge in [0.1, 0.15) is 22.7 Å². The van der Waals surface area contributed by atoms with Gasteiger partial charge >= 0.3 is 0 Å². The summed E-state index contributed by atoms with van der Waals surface area (Å²) in [5.41, 5.74) is 10.7. The number of furan rings is 1. The zero-order chi connectivity index (χ0) is 38.2. The van der Waals surface area contributed by atoms with Gasteiger partial charge in [-0.2, -0.15) is 0 Å². The highest BCUT2D eigenvalue weighted by atomic mass is 79.9. The number of halogens is 2. The maximum atomic E-state index is 6.79. The first-order valence-corrected chi connectivity index (χ1v) is 20.0. The van der Waals surface area contributed by atoms with Gasteiger partial charge in [0.25, 0.3) is 0 Å². The lowest BCUT2D eigenvalue weighted by Gasteiger charge is -2.34. The van der Waals surface area contributed by atoms with E-state index in [0.717, 1.165) is 104 Å². The highest BCUT2D eigenvalue weighted by Crippen LogP contribution is 2.56. The number of hydrogen-bond donors (Lipinski definition) is 0. The lowest BCUT2D eigenvalue weighted by Crippen LogP contribution is -2.16. The summed E-state index contributed by atoms with van der Waals surface area (Å²) < 4.78 is 21.6. The van der Waals surface area contributed by atoms with Gasteiger partial charge in [0.2, 0.25) is 0 Å². The molecule has 1 aromatic heterocycles. The first kappa shape index (κ1) is 35.6. The Labute approximate surface area is 342 Å². The Bertz CT molecular complexity index is 2850. The van der Waals surface area contributed by atoms with E-state index in [1.54, 1.807) is 0 Å². The van der Waals surface area contributed by atoms with Crippen molar-refractivity contribution in [1.29, 1.82) is 0 Å². The predicted molar refractivity (Wildman–Crippen MR) is 239 cm³/mol. The molecule has 0 unspecified atom stereocenters. The second kappa shape index (κ2) is 15.2. The van der Waals surface area contributed by atoms with Crippen LogP contribution in [-0.4, -0.2) is 0 Å². The van der Waals surface area contributed by atoms with Crippen molar-refractivity contribution in [3.8, 4) is 50.6 Å². The van der Waals surface area contributed by atoms with Crippen molar-refractivity contribution in [3.05, 3.63) is 191 Å². The molecular formula is C50H35Br2NO3. The second-order valence-electron chi connectivity index (χ2n) is 13.4. The average Bonchev–Trinajstić information content (AvgIpc) is 3.62. The first-order chi connectivity index (χ1) is 27.5. The summed E-state index contributed by atoms with van der Waals surface area (Å²) in [5, 5.41) is 2.17. The maximum Gasteiger partial charge on any atom is 0.152 e. The van der Waals surface area contributed by atoms with Gasteiger partial charge < -0.3 is 18.8 Å². The molecule has 1 aliphatic rings. The van der Waals surface area contributed by atoms with E-state index in [9.17, 15) is 0 Å². The second-order valence-corrected chi connectivity index (χ2v) is 15.1. The summed E-state index contributed by atoms with van der Waals surface area (Å²) in [6, 6.07) is 50.3. The van der Waals surface area contributed by atoms with Crippen LogP contribution in [0.4, 0.5) is 17.1 Å². The zero-order valence-electron chi connectivity index (χ0n) is 30.7. The third-order valence-electron chi connectivity index (χ3n) is 9.98. The van der Waals surface area contributed by atoms with E-state index >= 15 is 0 Å². The number of fused-ring (bicyclic) bond motifs is 5. The predicted octanol–water partition coefficient (Wildman–Crippen LogP) is 16.1. The molecule has 8 aromatic rings. The Kier molecular flexibility index (Phi) is 9.68. The SMILES string of the molecule is C\C=C/C=C\C(=C\C)Oc1ccccc1-c1cc2c(cc1Br)Oc1cc(Br)c(-c3cccc4c3oc3ccccc34)cc1N2c1ccc(-c2ccccc2)cc1. The normalized spacial score (nSPS) is 12.7. The Balaban J connectivity index is 1.22. The minimum Gasteiger partial charge on any atom is -0.457 e. The number of anilines is 3. The summed E-state index contributed by atoms with van der Waals surface area (Å²) in [7, 11) is 0. The molecule has 0 atom stereocenters. The van der Waals surface area contributed by atoms with Crippen LogP contribution >= 0.6 is 31.9 Å².